The molecule has 7 aromatic rings. The first-order valence-corrected chi connectivity index (χ1v) is 24.3. The second-order valence-corrected chi connectivity index (χ2v) is 21.0. The predicted octanol–water partition coefficient (Wildman–Crippen LogP) is 17.3. The Labute approximate surface area is 396 Å². The van der Waals surface area contributed by atoms with Crippen LogP contribution in [-0.2, 0) is 7.05 Å². The monoisotopic (exact) mass is 886 g/mol. The van der Waals surface area contributed by atoms with E-state index in [4.69, 9.17) is 4.74 Å². The van der Waals surface area contributed by atoms with E-state index in [0.29, 0.717) is 0 Å². The minimum Gasteiger partial charge on any atom is -0.452 e. The fourth-order valence-corrected chi connectivity index (χ4v) is 12.6. The Hall–Kier alpha value is -5.13. The zero-order chi connectivity index (χ0) is 48.3. The summed E-state index contributed by atoms with van der Waals surface area (Å²) in [6, 6.07) is 6.75. The van der Waals surface area contributed by atoms with Gasteiger partial charge in [-0.15, -0.1) is 0 Å². The van der Waals surface area contributed by atoms with Gasteiger partial charge in [0.25, 0.3) is 0 Å². The highest BCUT2D eigenvalue weighted by Gasteiger charge is 2.31. The summed E-state index contributed by atoms with van der Waals surface area (Å²) in [5.74, 6) is 2.00. The molecule has 0 unspecified atom stereocenters. The Bertz CT molecular complexity index is 3050. The van der Waals surface area contributed by atoms with Crippen LogP contribution < -0.4 is 14.5 Å². The van der Waals surface area contributed by atoms with Gasteiger partial charge in [-0.05, 0) is 262 Å². The van der Waals surface area contributed by atoms with Crippen LogP contribution in [0.15, 0.2) is 28.0 Å². The number of hydrogen-bond donors (Lipinski definition) is 0. The van der Waals surface area contributed by atoms with Gasteiger partial charge in [0.2, 0.25) is 0 Å². The molecular formula is C60H75N3OS. The third-order valence-electron chi connectivity index (χ3n) is 16.4. The fourth-order valence-electron chi connectivity index (χ4n) is 11.1. The molecule has 0 radical (unpaired) electrons. The summed E-state index contributed by atoms with van der Waals surface area (Å²) in [6.45, 7) is 46.8. The van der Waals surface area contributed by atoms with E-state index in [9.17, 15) is 0 Å². The van der Waals surface area contributed by atoms with Gasteiger partial charge in [-0.25, -0.2) is 0 Å². The Balaban J connectivity index is 0.000000145. The molecule has 0 amide bonds. The molecule has 65 heavy (non-hydrogen) atoms. The van der Waals surface area contributed by atoms with Crippen LogP contribution in [0.25, 0.3) is 21.8 Å². The number of hydrogen-bond acceptors (Lipinski definition) is 4. The van der Waals surface area contributed by atoms with Gasteiger partial charge < -0.3 is 19.1 Å². The molecule has 0 atom stereocenters. The van der Waals surface area contributed by atoms with Crippen LogP contribution in [0.3, 0.4) is 0 Å². The molecule has 0 saturated carbocycles. The first-order chi connectivity index (χ1) is 30.3. The number of anilines is 4. The van der Waals surface area contributed by atoms with Crippen molar-refractivity contribution in [2.75, 3.05) is 23.9 Å². The summed E-state index contributed by atoms with van der Waals surface area (Å²) in [5, 5.41) is 2.92. The van der Waals surface area contributed by atoms with Gasteiger partial charge in [-0.2, -0.15) is 0 Å². The van der Waals surface area contributed by atoms with E-state index in [1.165, 1.54) is 171 Å². The van der Waals surface area contributed by atoms with Crippen molar-refractivity contribution in [1.82, 2.24) is 4.57 Å². The Morgan fingerprint density at radius 1 is 0.308 bits per heavy atom. The molecular weight excluding hydrogens is 811 g/mol. The highest BCUT2D eigenvalue weighted by molar-refractivity contribution is 7.99. The minimum atomic E-state index is 0.999. The highest BCUT2D eigenvalue weighted by atomic mass is 32.2. The Morgan fingerprint density at radius 3 is 1.06 bits per heavy atom. The highest BCUT2D eigenvalue weighted by Crippen LogP contribution is 2.55. The molecule has 9 rings (SSSR count). The van der Waals surface area contributed by atoms with Gasteiger partial charge in [-0.1, -0.05) is 30.0 Å². The van der Waals surface area contributed by atoms with Crippen molar-refractivity contribution < 1.29 is 4.74 Å². The summed E-state index contributed by atoms with van der Waals surface area (Å²) < 4.78 is 8.76. The number of rotatable bonds is 0. The normalized spacial score (nSPS) is 12.6. The van der Waals surface area contributed by atoms with E-state index < -0.39 is 0 Å². The maximum atomic E-state index is 6.34. The topological polar surface area (TPSA) is 20.6 Å². The number of benzene rings is 6. The molecule has 1 aromatic heterocycles. The molecule has 5 heteroatoms. The van der Waals surface area contributed by atoms with Crippen LogP contribution in [0.4, 0.5) is 22.7 Å². The predicted molar refractivity (Wildman–Crippen MR) is 286 cm³/mol. The lowest BCUT2D eigenvalue weighted by Gasteiger charge is -2.36. The zero-order valence-corrected chi connectivity index (χ0v) is 45.2. The van der Waals surface area contributed by atoms with Gasteiger partial charge in [0.1, 0.15) is 0 Å². The maximum absolute atomic E-state index is 6.34. The summed E-state index contributed by atoms with van der Waals surface area (Å²) in [5.41, 5.74) is 36.9. The molecule has 0 saturated heterocycles. The molecule has 0 N–H and O–H groups in total. The quantitative estimate of drug-likeness (QED) is 0.151. The van der Waals surface area contributed by atoms with Crippen LogP contribution >= 0.6 is 11.8 Å². The smallest absolute Gasteiger partial charge is 0.154 e. The lowest BCUT2D eigenvalue weighted by Crippen LogP contribution is -2.20. The van der Waals surface area contributed by atoms with Crippen molar-refractivity contribution in [3.63, 3.8) is 0 Å². The molecule has 0 aliphatic carbocycles. The van der Waals surface area contributed by atoms with Gasteiger partial charge in [-0.3, -0.25) is 0 Å². The summed E-state index contributed by atoms with van der Waals surface area (Å²) in [4.78, 5) is 7.58. The first kappa shape index (κ1) is 47.8. The molecule has 0 fully saturated rings. The van der Waals surface area contributed by atoms with E-state index in [0.717, 1.165) is 11.5 Å². The Morgan fingerprint density at radius 2 is 0.631 bits per heavy atom. The molecule has 6 aromatic carbocycles. The standard InChI is InChI=1S/C21H27N.C20H25NS.C19H23NO/c1-10-12(3)16(7)20-18(14(10)5)19-15(6)11(2)13(4)17(8)21(19)22(20)9;1-10-9-11(2)19-17(12(10)3)21(8)18-15(6)13(4)14(5)16(7)20(18)22-19;1-10-8-12(3)18-16(14(10)5)20(7)17-15(6)11(2)9-13(4)19(17)21-18/h1-9H3;9H,1-8H3;8-9H,1-7H3. The van der Waals surface area contributed by atoms with Crippen molar-refractivity contribution in [3.8, 4) is 11.5 Å². The number of fused-ring (bicyclic) bond motifs is 7. The number of nitrogens with zero attached hydrogens (tertiary/aromatic N) is 3. The van der Waals surface area contributed by atoms with Gasteiger partial charge >= 0.3 is 0 Å². The fraction of sp³-hybridized carbons (Fsp3) is 0.400. The van der Waals surface area contributed by atoms with E-state index in [-0.39, 0.29) is 0 Å². The van der Waals surface area contributed by atoms with Crippen LogP contribution in [0.1, 0.15) is 117 Å². The average Bonchev–Trinajstić information content (AvgIpc) is 3.57. The first-order valence-electron chi connectivity index (χ1n) is 23.5. The molecule has 0 bridgehead atoms. The number of aryl methyl sites for hydroxylation is 11. The van der Waals surface area contributed by atoms with Crippen LogP contribution in [0.2, 0.25) is 0 Å². The summed E-state index contributed by atoms with van der Waals surface area (Å²) in [6.07, 6.45) is 0. The molecule has 2 aliphatic rings. The van der Waals surface area contributed by atoms with Gasteiger partial charge in [0, 0.05) is 41.7 Å². The number of ether oxygens (including phenoxy) is 1. The second-order valence-electron chi connectivity index (χ2n) is 19.9. The zero-order valence-electron chi connectivity index (χ0n) is 44.4. The average molecular weight is 886 g/mol. The molecule has 4 nitrogen and oxygen atoms in total. The van der Waals surface area contributed by atoms with E-state index in [1.807, 2.05) is 11.8 Å². The van der Waals surface area contributed by atoms with Gasteiger partial charge in [0.05, 0.1) is 33.8 Å². The molecule has 0 spiro atoms. The summed E-state index contributed by atoms with van der Waals surface area (Å²) in [7, 11) is 6.61. The van der Waals surface area contributed by atoms with Crippen molar-refractivity contribution in [2.24, 2.45) is 7.05 Å². The lowest BCUT2D eigenvalue weighted by atomic mass is 9.90. The molecule has 342 valence electrons. The van der Waals surface area contributed by atoms with Crippen molar-refractivity contribution in [3.05, 3.63) is 135 Å². The van der Waals surface area contributed by atoms with E-state index >= 15 is 0 Å². The number of aromatic nitrogens is 1. The maximum Gasteiger partial charge on any atom is 0.154 e. The molecule has 2 aliphatic heterocycles. The minimum absolute atomic E-state index is 0.999. The lowest BCUT2D eigenvalue weighted by molar-refractivity contribution is 0.467. The van der Waals surface area contributed by atoms with E-state index in [2.05, 4.69) is 199 Å². The largest absolute Gasteiger partial charge is 0.452 e. The SMILES string of the molecule is Cc1c(C)c(C)c2c(c1C)c1c(C)c(C)c(C)c(C)c1n2C.Cc1cc(C)c2c(c1C)N(C)c1c(C)c(C)c(C)c(C)c1S2.Cc1cc(C)c2c(c1C)N(C)c1c(C)c(C)cc(C)c1O2. The van der Waals surface area contributed by atoms with Crippen LogP contribution in [0, 0.1) is 145 Å². The Kier molecular flexibility index (Phi) is 12.5. The third kappa shape index (κ3) is 7.18. The van der Waals surface area contributed by atoms with Crippen molar-refractivity contribution in [2.45, 2.75) is 155 Å². The van der Waals surface area contributed by atoms with Gasteiger partial charge in [0.15, 0.2) is 11.5 Å². The third-order valence-corrected chi connectivity index (χ3v) is 17.9. The van der Waals surface area contributed by atoms with Crippen LogP contribution in [-0.4, -0.2) is 18.7 Å². The second kappa shape index (κ2) is 16.9. The van der Waals surface area contributed by atoms with Crippen LogP contribution in [0.5, 0.6) is 11.5 Å². The van der Waals surface area contributed by atoms with E-state index in [1.54, 1.807) is 0 Å². The van der Waals surface area contributed by atoms with Crippen molar-refractivity contribution in [1.29, 1.82) is 0 Å². The summed E-state index contributed by atoms with van der Waals surface area (Å²) >= 11 is 1.96. The molecule has 3 heterocycles. The van der Waals surface area contributed by atoms with Crippen molar-refractivity contribution >= 4 is 56.3 Å².